The summed E-state index contributed by atoms with van der Waals surface area (Å²) in [5.74, 6) is 0.197. The van der Waals surface area contributed by atoms with Gasteiger partial charge in [-0.05, 0) is 48.5 Å². The third-order valence-corrected chi connectivity index (χ3v) is 8.03. The summed E-state index contributed by atoms with van der Waals surface area (Å²) in [6.45, 7) is 8.06. The van der Waals surface area contributed by atoms with E-state index in [4.69, 9.17) is 4.42 Å². The molecule has 1 saturated carbocycles. The van der Waals surface area contributed by atoms with Gasteiger partial charge >= 0.3 is 19.5 Å². The molecule has 1 fully saturated rings. The van der Waals surface area contributed by atoms with Gasteiger partial charge in [-0.1, -0.05) is 34.1 Å². The standard InChI is InChI=1S/C23H27BF6O3/c1-11-6-7-14-20(2,3)8-5-9-21(14,4)15-12-10-13(22(25,26)27)16(23(28,29)30)17(24(31)32)19(12)33-18(11)15/h10-11,14,31-32H,5-9H2,1-4H3/t11?,14?,21-/m1/s1. The summed E-state index contributed by atoms with van der Waals surface area (Å²) in [6.07, 6.45) is -6.90. The molecule has 10 heteroatoms. The lowest BCUT2D eigenvalue weighted by atomic mass is 9.53. The van der Waals surface area contributed by atoms with E-state index in [2.05, 4.69) is 13.8 Å². The number of rotatable bonds is 1. The normalized spacial score (nSPS) is 27.8. The van der Waals surface area contributed by atoms with Crippen molar-refractivity contribution in [3.63, 3.8) is 0 Å². The Hall–Kier alpha value is -1.68. The number of benzene rings is 1. The van der Waals surface area contributed by atoms with E-state index in [-0.39, 0.29) is 22.6 Å². The molecular weight excluding hydrogens is 449 g/mol. The van der Waals surface area contributed by atoms with Crippen molar-refractivity contribution in [1.29, 1.82) is 0 Å². The van der Waals surface area contributed by atoms with Gasteiger partial charge in [0.25, 0.3) is 0 Å². The smallest absolute Gasteiger partial charge is 0.461 e. The van der Waals surface area contributed by atoms with Crippen molar-refractivity contribution >= 4 is 23.6 Å². The van der Waals surface area contributed by atoms with E-state index in [9.17, 15) is 36.4 Å². The molecule has 2 aliphatic carbocycles. The molecule has 0 saturated heterocycles. The zero-order valence-electron chi connectivity index (χ0n) is 18.9. The Morgan fingerprint density at radius 3 is 2.18 bits per heavy atom. The van der Waals surface area contributed by atoms with E-state index in [1.807, 2.05) is 13.8 Å². The van der Waals surface area contributed by atoms with Gasteiger partial charge in [-0.3, -0.25) is 0 Å². The Bertz CT molecular complexity index is 1080. The molecule has 1 aromatic carbocycles. The van der Waals surface area contributed by atoms with Gasteiger partial charge in [-0.2, -0.15) is 26.3 Å². The first-order valence-electron chi connectivity index (χ1n) is 11.1. The maximum absolute atomic E-state index is 13.9. The van der Waals surface area contributed by atoms with E-state index in [0.29, 0.717) is 30.2 Å². The van der Waals surface area contributed by atoms with Crippen LogP contribution in [0.5, 0.6) is 0 Å². The second-order valence-electron chi connectivity index (χ2n) is 10.6. The summed E-state index contributed by atoms with van der Waals surface area (Å²) in [7, 11) is -2.79. The van der Waals surface area contributed by atoms with Crippen LogP contribution >= 0.6 is 0 Å². The van der Waals surface area contributed by atoms with Crippen LogP contribution in [0.2, 0.25) is 0 Å². The number of halogens is 6. The number of furan rings is 1. The molecule has 33 heavy (non-hydrogen) atoms. The van der Waals surface area contributed by atoms with Crippen LogP contribution in [0.3, 0.4) is 0 Å². The molecule has 1 aromatic heterocycles. The van der Waals surface area contributed by atoms with Gasteiger partial charge in [0.05, 0.1) is 11.1 Å². The molecule has 0 aliphatic heterocycles. The fraction of sp³-hybridized carbons (Fsp3) is 0.652. The van der Waals surface area contributed by atoms with Crippen LogP contribution in [0.4, 0.5) is 26.3 Å². The van der Waals surface area contributed by atoms with Gasteiger partial charge < -0.3 is 14.5 Å². The molecular formula is C23H27BF6O3. The molecule has 4 rings (SSSR count). The van der Waals surface area contributed by atoms with Gasteiger partial charge in [-0.25, -0.2) is 0 Å². The van der Waals surface area contributed by atoms with E-state index in [0.717, 1.165) is 19.3 Å². The van der Waals surface area contributed by atoms with E-state index >= 15 is 0 Å². The van der Waals surface area contributed by atoms with Crippen molar-refractivity contribution in [2.45, 2.75) is 83.5 Å². The first-order valence-corrected chi connectivity index (χ1v) is 11.1. The molecule has 2 aliphatic rings. The summed E-state index contributed by atoms with van der Waals surface area (Å²) >= 11 is 0. The summed E-state index contributed by atoms with van der Waals surface area (Å²) < 4.78 is 89.1. The van der Waals surface area contributed by atoms with E-state index in [1.165, 1.54) is 0 Å². The zero-order chi connectivity index (χ0) is 24.7. The molecule has 182 valence electrons. The lowest BCUT2D eigenvalue weighted by Crippen LogP contribution is -2.44. The number of fused-ring (bicyclic) bond motifs is 5. The van der Waals surface area contributed by atoms with Crippen LogP contribution < -0.4 is 5.46 Å². The second kappa shape index (κ2) is 7.41. The third kappa shape index (κ3) is 3.68. The Morgan fingerprint density at radius 1 is 1.00 bits per heavy atom. The van der Waals surface area contributed by atoms with Crippen LogP contribution in [0.1, 0.15) is 88.2 Å². The predicted molar refractivity (Wildman–Crippen MR) is 112 cm³/mol. The molecule has 2 aromatic rings. The number of hydrogen-bond acceptors (Lipinski definition) is 3. The third-order valence-electron chi connectivity index (χ3n) is 8.03. The van der Waals surface area contributed by atoms with Gasteiger partial charge in [0, 0.05) is 22.3 Å². The van der Waals surface area contributed by atoms with Crippen LogP contribution in [-0.4, -0.2) is 17.2 Å². The Labute approximate surface area is 188 Å². The Balaban J connectivity index is 2.18. The summed E-state index contributed by atoms with van der Waals surface area (Å²) in [5, 5.41) is 19.6. The maximum atomic E-state index is 13.9. The van der Waals surface area contributed by atoms with E-state index in [1.54, 1.807) is 0 Å². The SMILES string of the molecule is CC1CCC2C(C)(C)CCC[C@@]2(C)c2c1oc1c(B(O)O)c(C(F)(F)F)c(C(F)(F)F)cc21. The molecule has 1 heterocycles. The highest BCUT2D eigenvalue weighted by molar-refractivity contribution is 6.62. The molecule has 0 radical (unpaired) electrons. The van der Waals surface area contributed by atoms with Crippen molar-refractivity contribution in [1.82, 2.24) is 0 Å². The molecule has 2 unspecified atom stereocenters. The first kappa shape index (κ1) is 24.4. The number of hydrogen-bond donors (Lipinski definition) is 2. The van der Waals surface area contributed by atoms with Crippen molar-refractivity contribution in [2.24, 2.45) is 11.3 Å². The summed E-state index contributed by atoms with van der Waals surface area (Å²) in [4.78, 5) is 0. The number of alkyl halides is 6. The quantitative estimate of drug-likeness (QED) is 0.385. The molecule has 0 spiro atoms. The maximum Gasteiger partial charge on any atom is 0.492 e. The highest BCUT2D eigenvalue weighted by atomic mass is 19.4. The van der Waals surface area contributed by atoms with Crippen molar-refractivity contribution in [3.05, 3.63) is 28.5 Å². The van der Waals surface area contributed by atoms with Gasteiger partial charge in [0.15, 0.2) is 0 Å². The second-order valence-corrected chi connectivity index (χ2v) is 10.6. The highest BCUT2D eigenvalue weighted by Gasteiger charge is 2.53. The molecule has 2 N–H and O–H groups in total. The minimum atomic E-state index is -5.47. The summed E-state index contributed by atoms with van der Waals surface area (Å²) in [6, 6.07) is 0.508. The van der Waals surface area contributed by atoms with Gasteiger partial charge in [-0.15, -0.1) is 0 Å². The minimum Gasteiger partial charge on any atom is -0.461 e. The summed E-state index contributed by atoms with van der Waals surface area (Å²) in [5.41, 5.74) is -6.08. The highest BCUT2D eigenvalue weighted by Crippen LogP contribution is 2.60. The van der Waals surface area contributed by atoms with E-state index < -0.39 is 47.1 Å². The largest absolute Gasteiger partial charge is 0.492 e. The fourth-order valence-electron chi connectivity index (χ4n) is 6.66. The topological polar surface area (TPSA) is 53.6 Å². The zero-order valence-corrected chi connectivity index (χ0v) is 18.9. The van der Waals surface area contributed by atoms with Crippen LogP contribution in [0.25, 0.3) is 11.0 Å². The fourth-order valence-corrected chi connectivity index (χ4v) is 6.66. The monoisotopic (exact) mass is 476 g/mol. The predicted octanol–water partition coefficient (Wildman–Crippen LogP) is 6.13. The van der Waals surface area contributed by atoms with Crippen LogP contribution in [0, 0.1) is 11.3 Å². The molecule has 0 amide bonds. The molecule has 0 bridgehead atoms. The van der Waals surface area contributed by atoms with Crippen molar-refractivity contribution in [3.8, 4) is 0 Å². The van der Waals surface area contributed by atoms with Crippen molar-refractivity contribution in [2.75, 3.05) is 0 Å². The van der Waals surface area contributed by atoms with Gasteiger partial charge in [0.2, 0.25) is 0 Å². The lowest BCUT2D eigenvalue weighted by molar-refractivity contribution is -0.161. The van der Waals surface area contributed by atoms with Gasteiger partial charge in [0.1, 0.15) is 11.3 Å². The van der Waals surface area contributed by atoms with Crippen LogP contribution in [-0.2, 0) is 17.8 Å². The average Bonchev–Trinajstić information content (AvgIpc) is 2.98. The Morgan fingerprint density at radius 2 is 1.64 bits per heavy atom. The minimum absolute atomic E-state index is 0.0855. The molecule has 3 nitrogen and oxygen atoms in total. The molecule has 3 atom stereocenters. The average molecular weight is 476 g/mol. The van der Waals surface area contributed by atoms with Crippen molar-refractivity contribution < 1.29 is 40.8 Å². The lowest BCUT2D eigenvalue weighted by Gasteiger charge is -2.50. The Kier molecular flexibility index (Phi) is 5.49. The first-order chi connectivity index (χ1) is 15.0. The van der Waals surface area contributed by atoms with Crippen LogP contribution in [0.15, 0.2) is 10.5 Å².